The van der Waals surface area contributed by atoms with Gasteiger partial charge in [-0.05, 0) is 45.6 Å². The van der Waals surface area contributed by atoms with Gasteiger partial charge in [0.05, 0.1) is 11.6 Å². The Hall–Kier alpha value is -2.18. The maximum Gasteiger partial charge on any atom is 0.229 e. The van der Waals surface area contributed by atoms with Gasteiger partial charge in [-0.3, -0.25) is 15.6 Å². The predicted octanol–water partition coefficient (Wildman–Crippen LogP) is 4.02. The maximum absolute atomic E-state index is 12.7. The van der Waals surface area contributed by atoms with Gasteiger partial charge in [-0.1, -0.05) is 48.3 Å². The lowest BCUT2D eigenvalue weighted by Gasteiger charge is -2.21. The van der Waals surface area contributed by atoms with Crippen molar-refractivity contribution in [2.24, 2.45) is 0 Å². The first-order valence-electron chi connectivity index (χ1n) is 10.7. The molecule has 1 aromatic heterocycles. The molecule has 6 heteroatoms. The average Bonchev–Trinajstić information content (AvgIpc) is 3.33. The van der Waals surface area contributed by atoms with Crippen LogP contribution in [0.5, 0.6) is 0 Å². The first-order valence-corrected chi connectivity index (χ1v) is 10.7. The second-order valence-corrected chi connectivity index (χ2v) is 8.25. The summed E-state index contributed by atoms with van der Waals surface area (Å²) in [5, 5.41) is 3.97. The Labute approximate surface area is 174 Å². The summed E-state index contributed by atoms with van der Waals surface area (Å²) in [5.41, 5.74) is 9.93. The number of aromatic nitrogens is 1. The number of amides is 1. The van der Waals surface area contributed by atoms with Crippen molar-refractivity contribution >= 4 is 5.91 Å². The highest BCUT2D eigenvalue weighted by molar-refractivity contribution is 5.83. The van der Waals surface area contributed by atoms with Crippen molar-refractivity contribution in [2.75, 3.05) is 13.6 Å². The molecular formula is C23H34N4O2. The summed E-state index contributed by atoms with van der Waals surface area (Å²) in [4.78, 5) is 14.6. The van der Waals surface area contributed by atoms with Crippen molar-refractivity contribution < 1.29 is 9.32 Å². The third kappa shape index (κ3) is 5.46. The summed E-state index contributed by atoms with van der Waals surface area (Å²) < 4.78 is 5.21. The van der Waals surface area contributed by atoms with Crippen LogP contribution in [0.25, 0.3) is 0 Å². The highest BCUT2D eigenvalue weighted by Gasteiger charge is 2.26. The average molecular weight is 399 g/mol. The molecule has 0 aliphatic carbocycles. The topological polar surface area (TPSA) is 70.4 Å². The summed E-state index contributed by atoms with van der Waals surface area (Å²) in [5.74, 6) is 0.657. The fourth-order valence-corrected chi connectivity index (χ4v) is 4.30. The number of carbonyl (C=O) groups excluding carboxylic acids is 1. The molecule has 3 atom stereocenters. The summed E-state index contributed by atoms with van der Waals surface area (Å²) in [6.07, 6.45) is 5.60. The largest absolute Gasteiger partial charge is 0.361 e. The van der Waals surface area contributed by atoms with Crippen molar-refractivity contribution in [1.82, 2.24) is 20.9 Å². The molecular weight excluding hydrogens is 364 g/mol. The lowest BCUT2D eigenvalue weighted by Crippen LogP contribution is -2.32. The summed E-state index contributed by atoms with van der Waals surface area (Å²) in [6, 6.07) is 11.5. The number of hydrogen-bond acceptors (Lipinski definition) is 5. The second kappa shape index (κ2) is 10.0. The molecule has 158 valence electrons. The fourth-order valence-electron chi connectivity index (χ4n) is 4.30. The summed E-state index contributed by atoms with van der Waals surface area (Å²) >= 11 is 0. The van der Waals surface area contributed by atoms with E-state index in [1.807, 2.05) is 32.7 Å². The number of nitrogens with one attached hydrogen (secondary N) is 2. The molecule has 0 radical (unpaired) electrons. The highest BCUT2D eigenvalue weighted by Crippen LogP contribution is 2.26. The third-order valence-corrected chi connectivity index (χ3v) is 6.00. The number of nitrogens with zero attached hydrogens (tertiary/aromatic N) is 2. The summed E-state index contributed by atoms with van der Waals surface area (Å²) in [6.45, 7) is 6.49. The highest BCUT2D eigenvalue weighted by atomic mass is 16.5. The van der Waals surface area contributed by atoms with E-state index < -0.39 is 0 Å². The van der Waals surface area contributed by atoms with Gasteiger partial charge in [-0.2, -0.15) is 0 Å². The zero-order valence-electron chi connectivity index (χ0n) is 18.1. The predicted molar refractivity (Wildman–Crippen MR) is 114 cm³/mol. The number of rotatable bonds is 9. The van der Waals surface area contributed by atoms with E-state index in [4.69, 9.17) is 4.52 Å². The zero-order chi connectivity index (χ0) is 20.8. The van der Waals surface area contributed by atoms with E-state index in [0.29, 0.717) is 12.1 Å². The van der Waals surface area contributed by atoms with Crippen LogP contribution < -0.4 is 10.9 Å². The molecule has 2 N–H and O–H groups in total. The quantitative estimate of drug-likeness (QED) is 0.624. The Morgan fingerprint density at radius 2 is 1.97 bits per heavy atom. The molecule has 1 aliphatic rings. The molecule has 0 spiro atoms. The van der Waals surface area contributed by atoms with Crippen LogP contribution in [0.15, 0.2) is 34.9 Å². The minimum absolute atomic E-state index is 0.131. The number of benzene rings is 1. The molecule has 0 saturated carbocycles. The van der Waals surface area contributed by atoms with Crippen LogP contribution in [0, 0.1) is 13.8 Å². The molecule has 2 aromatic rings. The monoisotopic (exact) mass is 398 g/mol. The van der Waals surface area contributed by atoms with E-state index in [0.717, 1.165) is 49.2 Å². The van der Waals surface area contributed by atoms with Gasteiger partial charge in [-0.15, -0.1) is 0 Å². The minimum Gasteiger partial charge on any atom is -0.361 e. The van der Waals surface area contributed by atoms with Crippen molar-refractivity contribution in [2.45, 2.75) is 70.9 Å². The molecule has 1 aliphatic heterocycles. The fraction of sp³-hybridized carbons (Fsp3) is 0.565. The Balaban J connectivity index is 1.34. The van der Waals surface area contributed by atoms with Gasteiger partial charge in [0.2, 0.25) is 5.91 Å². The Morgan fingerprint density at radius 1 is 1.21 bits per heavy atom. The number of unbranched alkanes of at least 4 members (excludes halogenated alkanes) is 2. The lowest BCUT2D eigenvalue weighted by molar-refractivity contribution is -0.131. The molecule has 29 heavy (non-hydrogen) atoms. The SMILES string of the molecule is Cc1noc(C)c1C(C)C(=O)N(C)CCCCCC1CC(c2ccccc2)NN1. The van der Waals surface area contributed by atoms with Crippen molar-refractivity contribution in [1.29, 1.82) is 0 Å². The van der Waals surface area contributed by atoms with Crippen molar-refractivity contribution in [3.8, 4) is 0 Å². The van der Waals surface area contributed by atoms with E-state index in [2.05, 4.69) is 46.3 Å². The zero-order valence-corrected chi connectivity index (χ0v) is 18.1. The molecule has 1 fully saturated rings. The van der Waals surface area contributed by atoms with Gasteiger partial charge in [0.15, 0.2) is 0 Å². The van der Waals surface area contributed by atoms with E-state index in [1.165, 1.54) is 12.0 Å². The van der Waals surface area contributed by atoms with Crippen LogP contribution in [0.2, 0.25) is 0 Å². The van der Waals surface area contributed by atoms with Gasteiger partial charge < -0.3 is 9.42 Å². The Bertz CT molecular complexity index is 770. The van der Waals surface area contributed by atoms with Crippen LogP contribution in [0.3, 0.4) is 0 Å². The second-order valence-electron chi connectivity index (χ2n) is 8.25. The number of likely N-dealkylation sites (N-methyl/N-ethyl adjacent to an activating group) is 1. The first-order chi connectivity index (χ1) is 14.0. The Morgan fingerprint density at radius 3 is 2.66 bits per heavy atom. The number of hydrazine groups is 1. The van der Waals surface area contributed by atoms with Gasteiger partial charge in [0.25, 0.3) is 0 Å². The number of hydrogen-bond donors (Lipinski definition) is 2. The number of aryl methyl sites for hydroxylation is 2. The smallest absolute Gasteiger partial charge is 0.229 e. The molecule has 2 heterocycles. The molecule has 0 bridgehead atoms. The van der Waals surface area contributed by atoms with Crippen LogP contribution in [-0.2, 0) is 4.79 Å². The van der Waals surface area contributed by atoms with E-state index >= 15 is 0 Å². The molecule has 1 aromatic carbocycles. The first kappa shape index (κ1) is 21.5. The van der Waals surface area contributed by atoms with Crippen LogP contribution in [-0.4, -0.2) is 35.6 Å². The molecule has 1 saturated heterocycles. The van der Waals surface area contributed by atoms with Crippen LogP contribution in [0.4, 0.5) is 0 Å². The molecule has 3 rings (SSSR count). The third-order valence-electron chi connectivity index (χ3n) is 6.00. The van der Waals surface area contributed by atoms with Gasteiger partial charge >= 0.3 is 0 Å². The van der Waals surface area contributed by atoms with Crippen molar-refractivity contribution in [3.63, 3.8) is 0 Å². The molecule has 6 nitrogen and oxygen atoms in total. The van der Waals surface area contributed by atoms with Crippen LogP contribution >= 0.6 is 0 Å². The minimum atomic E-state index is -0.213. The van der Waals surface area contributed by atoms with Gasteiger partial charge in [0, 0.05) is 31.2 Å². The van der Waals surface area contributed by atoms with Crippen LogP contribution in [0.1, 0.15) is 73.6 Å². The maximum atomic E-state index is 12.7. The normalized spacial score (nSPS) is 20.0. The van der Waals surface area contributed by atoms with E-state index in [-0.39, 0.29) is 11.8 Å². The summed E-state index contributed by atoms with van der Waals surface area (Å²) in [7, 11) is 1.89. The standard InChI is InChI=1S/C23H34N4O2/c1-16(22-17(2)26-29-18(22)3)23(28)27(4)14-10-6-9-13-20-15-21(25-24-20)19-11-7-5-8-12-19/h5,7-8,11-12,16,20-21,24-25H,6,9-10,13-15H2,1-4H3. The number of carbonyl (C=O) groups is 1. The Kier molecular flexibility index (Phi) is 7.45. The van der Waals surface area contributed by atoms with Gasteiger partial charge in [0.1, 0.15) is 5.76 Å². The molecule has 1 amide bonds. The van der Waals surface area contributed by atoms with Gasteiger partial charge in [-0.25, -0.2) is 0 Å². The van der Waals surface area contributed by atoms with E-state index in [1.54, 1.807) is 0 Å². The lowest BCUT2D eigenvalue weighted by atomic mass is 9.97. The van der Waals surface area contributed by atoms with Crippen molar-refractivity contribution in [3.05, 3.63) is 52.9 Å². The molecule has 3 unspecified atom stereocenters. The van der Waals surface area contributed by atoms with E-state index in [9.17, 15) is 4.79 Å².